The molecule has 2 unspecified atom stereocenters. The fourth-order valence-electron chi connectivity index (χ4n) is 3.41. The van der Waals surface area contributed by atoms with E-state index in [1.165, 1.54) is 12.8 Å². The topological polar surface area (TPSA) is 55.6 Å². The van der Waals surface area contributed by atoms with Gasteiger partial charge < -0.3 is 15.4 Å². The lowest BCUT2D eigenvalue weighted by Gasteiger charge is -2.41. The largest absolute Gasteiger partial charge is 0.378 e. The van der Waals surface area contributed by atoms with Crippen molar-refractivity contribution < 1.29 is 9.53 Å². The maximum absolute atomic E-state index is 12.4. The summed E-state index contributed by atoms with van der Waals surface area (Å²) in [6, 6.07) is 0.344. The Hall–Kier alpha value is -0.610. The maximum Gasteiger partial charge on any atom is 0.225 e. The minimum atomic E-state index is -0.165. The molecule has 2 N–H and O–H groups in total. The van der Waals surface area contributed by atoms with Crippen molar-refractivity contribution in [1.29, 1.82) is 0 Å². The zero-order valence-corrected chi connectivity index (χ0v) is 11.7. The average molecular weight is 254 g/mol. The number of nitrogens with two attached hydrogens (primary N) is 1. The van der Waals surface area contributed by atoms with Crippen molar-refractivity contribution >= 4 is 5.91 Å². The van der Waals surface area contributed by atoms with E-state index in [1.807, 2.05) is 11.9 Å². The Balaban J connectivity index is 1.92. The lowest BCUT2D eigenvalue weighted by Crippen LogP contribution is -2.48. The van der Waals surface area contributed by atoms with Crippen LogP contribution < -0.4 is 5.73 Å². The molecule has 0 aromatic carbocycles. The second-order valence-electron chi connectivity index (χ2n) is 5.92. The third kappa shape index (κ3) is 2.54. The Bertz CT molecular complexity index is 297. The van der Waals surface area contributed by atoms with E-state index in [1.54, 1.807) is 7.11 Å². The van der Waals surface area contributed by atoms with Gasteiger partial charge in [-0.3, -0.25) is 4.79 Å². The van der Waals surface area contributed by atoms with Crippen LogP contribution in [0.1, 0.15) is 44.9 Å². The molecule has 2 aliphatic carbocycles. The second-order valence-corrected chi connectivity index (χ2v) is 5.92. The summed E-state index contributed by atoms with van der Waals surface area (Å²) in [6.45, 7) is 0.692. The molecule has 0 spiro atoms. The number of hydrogen-bond donors (Lipinski definition) is 1. The number of hydrogen-bond acceptors (Lipinski definition) is 3. The number of methoxy groups -OCH3 is 1. The first-order valence-corrected chi connectivity index (χ1v) is 7.13. The lowest BCUT2D eigenvalue weighted by atomic mass is 9.77. The minimum Gasteiger partial charge on any atom is -0.378 e. The Morgan fingerprint density at radius 3 is 2.61 bits per heavy atom. The van der Waals surface area contributed by atoms with Gasteiger partial charge in [0.15, 0.2) is 0 Å². The highest BCUT2D eigenvalue weighted by Crippen LogP contribution is 2.39. The first-order valence-electron chi connectivity index (χ1n) is 7.13. The van der Waals surface area contributed by atoms with Gasteiger partial charge in [0.2, 0.25) is 5.91 Å². The van der Waals surface area contributed by atoms with Crippen molar-refractivity contribution in [2.75, 3.05) is 20.7 Å². The number of amides is 1. The first-order chi connectivity index (χ1) is 8.62. The highest BCUT2D eigenvalue weighted by Gasteiger charge is 2.41. The van der Waals surface area contributed by atoms with E-state index in [4.69, 9.17) is 10.5 Å². The number of nitrogens with zero attached hydrogens (tertiary/aromatic N) is 1. The van der Waals surface area contributed by atoms with E-state index in [2.05, 4.69) is 0 Å². The van der Waals surface area contributed by atoms with Crippen LogP contribution in [0.25, 0.3) is 0 Å². The quantitative estimate of drug-likeness (QED) is 0.809. The molecule has 0 radical (unpaired) electrons. The number of carbonyl (C=O) groups excluding carboxylic acids is 1. The fourth-order valence-corrected chi connectivity index (χ4v) is 3.41. The van der Waals surface area contributed by atoms with Gasteiger partial charge in [0.05, 0.1) is 12.0 Å². The highest BCUT2D eigenvalue weighted by atomic mass is 16.5. The number of ether oxygens (including phenoxy) is 1. The molecule has 0 bridgehead atoms. The molecule has 1 amide bonds. The molecule has 0 saturated heterocycles. The van der Waals surface area contributed by atoms with Crippen LogP contribution in [0.4, 0.5) is 0 Å². The van der Waals surface area contributed by atoms with Crippen LogP contribution in [-0.2, 0) is 9.53 Å². The minimum absolute atomic E-state index is 0.165. The van der Waals surface area contributed by atoms with Crippen LogP contribution in [0.15, 0.2) is 0 Å². The van der Waals surface area contributed by atoms with E-state index >= 15 is 0 Å². The standard InChI is InChI=1S/C14H26N2O2/c1-16(12-6-3-5-11(12)10-15)13(17)9-14(18-2)7-4-8-14/h11-12H,3-10,15H2,1-2H3. The molecule has 18 heavy (non-hydrogen) atoms. The van der Waals surface area contributed by atoms with Crippen LogP contribution in [0.3, 0.4) is 0 Å². The van der Waals surface area contributed by atoms with Gasteiger partial charge in [0.1, 0.15) is 0 Å². The summed E-state index contributed by atoms with van der Waals surface area (Å²) in [6.07, 6.45) is 7.22. The van der Waals surface area contributed by atoms with E-state index in [-0.39, 0.29) is 11.5 Å². The van der Waals surface area contributed by atoms with E-state index in [9.17, 15) is 4.79 Å². The molecule has 2 saturated carbocycles. The molecule has 0 heterocycles. The molecular weight excluding hydrogens is 228 g/mol. The number of carbonyl (C=O) groups is 1. The Morgan fingerprint density at radius 2 is 2.11 bits per heavy atom. The third-order valence-electron chi connectivity index (χ3n) is 4.98. The van der Waals surface area contributed by atoms with Crippen molar-refractivity contribution in [3.05, 3.63) is 0 Å². The third-order valence-corrected chi connectivity index (χ3v) is 4.98. The Labute approximate surface area is 110 Å². The van der Waals surface area contributed by atoms with Crippen LogP contribution in [-0.4, -0.2) is 43.2 Å². The molecule has 2 aliphatic rings. The normalized spacial score (nSPS) is 29.9. The molecule has 0 aromatic rings. The van der Waals surface area contributed by atoms with Crippen molar-refractivity contribution in [3.63, 3.8) is 0 Å². The van der Waals surface area contributed by atoms with Gasteiger partial charge in [-0.25, -0.2) is 0 Å². The SMILES string of the molecule is COC1(CC(=O)N(C)C2CCCC2CN)CCC1. The second kappa shape index (κ2) is 5.57. The summed E-state index contributed by atoms with van der Waals surface area (Å²) in [4.78, 5) is 14.3. The van der Waals surface area contributed by atoms with E-state index < -0.39 is 0 Å². The van der Waals surface area contributed by atoms with Gasteiger partial charge in [0.25, 0.3) is 0 Å². The average Bonchev–Trinajstić information content (AvgIpc) is 2.80. The van der Waals surface area contributed by atoms with Gasteiger partial charge >= 0.3 is 0 Å². The van der Waals surface area contributed by atoms with Crippen molar-refractivity contribution in [2.24, 2.45) is 11.7 Å². The van der Waals surface area contributed by atoms with Crippen molar-refractivity contribution in [3.8, 4) is 0 Å². The molecule has 4 heteroatoms. The van der Waals surface area contributed by atoms with Crippen molar-refractivity contribution in [1.82, 2.24) is 4.90 Å². The Morgan fingerprint density at radius 1 is 1.39 bits per heavy atom. The summed E-state index contributed by atoms with van der Waals surface area (Å²) in [5, 5.41) is 0. The molecule has 0 aromatic heterocycles. The highest BCUT2D eigenvalue weighted by molar-refractivity contribution is 5.77. The van der Waals surface area contributed by atoms with Crippen LogP contribution in [0.2, 0.25) is 0 Å². The van der Waals surface area contributed by atoms with Crippen LogP contribution in [0.5, 0.6) is 0 Å². The molecule has 0 aliphatic heterocycles. The zero-order chi connectivity index (χ0) is 13.2. The fraction of sp³-hybridized carbons (Fsp3) is 0.929. The predicted molar refractivity (Wildman–Crippen MR) is 71.2 cm³/mol. The molecule has 4 nitrogen and oxygen atoms in total. The summed E-state index contributed by atoms with van der Waals surface area (Å²) < 4.78 is 5.54. The lowest BCUT2D eigenvalue weighted by molar-refractivity contribution is -0.145. The van der Waals surface area contributed by atoms with Gasteiger partial charge in [-0.15, -0.1) is 0 Å². The zero-order valence-electron chi connectivity index (χ0n) is 11.7. The summed E-state index contributed by atoms with van der Waals surface area (Å²) in [5.74, 6) is 0.709. The van der Waals surface area contributed by atoms with Crippen LogP contribution >= 0.6 is 0 Å². The monoisotopic (exact) mass is 254 g/mol. The molecular formula is C14H26N2O2. The molecule has 104 valence electrons. The molecule has 2 rings (SSSR count). The van der Waals surface area contributed by atoms with E-state index in [0.717, 1.165) is 25.7 Å². The molecule has 2 atom stereocenters. The van der Waals surface area contributed by atoms with Gasteiger partial charge in [0, 0.05) is 20.2 Å². The number of rotatable bonds is 5. The predicted octanol–water partition coefficient (Wildman–Crippen LogP) is 1.53. The van der Waals surface area contributed by atoms with Crippen molar-refractivity contribution in [2.45, 2.75) is 56.6 Å². The van der Waals surface area contributed by atoms with Gasteiger partial charge in [-0.05, 0) is 44.6 Å². The summed E-state index contributed by atoms with van der Waals surface area (Å²) >= 11 is 0. The molecule has 2 fully saturated rings. The van der Waals surface area contributed by atoms with Crippen LogP contribution in [0, 0.1) is 5.92 Å². The summed E-state index contributed by atoms with van der Waals surface area (Å²) in [7, 11) is 3.66. The van der Waals surface area contributed by atoms with E-state index in [0.29, 0.717) is 24.9 Å². The smallest absolute Gasteiger partial charge is 0.225 e. The van der Waals surface area contributed by atoms with Gasteiger partial charge in [-0.2, -0.15) is 0 Å². The Kier molecular flexibility index (Phi) is 4.28. The summed E-state index contributed by atoms with van der Waals surface area (Å²) in [5.41, 5.74) is 5.63. The van der Waals surface area contributed by atoms with Gasteiger partial charge in [-0.1, -0.05) is 6.42 Å². The maximum atomic E-state index is 12.4. The first kappa shape index (κ1) is 13.8.